The van der Waals surface area contributed by atoms with Crippen LogP contribution in [0.4, 0.5) is 33.6 Å². The first kappa shape index (κ1) is 22.7. The molecule has 0 radical (unpaired) electrons. The van der Waals surface area contributed by atoms with Crippen LogP contribution in [-0.2, 0) is 12.7 Å². The van der Waals surface area contributed by atoms with Gasteiger partial charge in [-0.05, 0) is 43.7 Å². The summed E-state index contributed by atoms with van der Waals surface area (Å²) in [7, 11) is 0. The first-order valence-electron chi connectivity index (χ1n) is 11.2. The quantitative estimate of drug-likeness (QED) is 0.515. The van der Waals surface area contributed by atoms with Crippen molar-refractivity contribution in [3.8, 4) is 0 Å². The zero-order chi connectivity index (χ0) is 24.1. The van der Waals surface area contributed by atoms with Gasteiger partial charge in [-0.3, -0.25) is 0 Å². The van der Waals surface area contributed by atoms with Crippen molar-refractivity contribution in [1.29, 1.82) is 0 Å². The topological polar surface area (TPSA) is 63.0 Å². The molecule has 0 aliphatic carbocycles. The number of rotatable bonds is 4. The highest BCUT2D eigenvalue weighted by Gasteiger charge is 2.47. The van der Waals surface area contributed by atoms with Crippen LogP contribution in [-0.4, -0.2) is 56.8 Å². The van der Waals surface area contributed by atoms with Crippen molar-refractivity contribution in [3.05, 3.63) is 36.3 Å². The number of piperidine rings is 1. The summed E-state index contributed by atoms with van der Waals surface area (Å²) < 4.78 is 66.3. The molecule has 3 aromatic rings. The van der Waals surface area contributed by atoms with E-state index in [0.29, 0.717) is 42.4 Å². The summed E-state index contributed by atoms with van der Waals surface area (Å²) in [5.74, 6) is 0.964. The number of alkyl halides is 5. The van der Waals surface area contributed by atoms with E-state index in [9.17, 15) is 22.0 Å². The minimum Gasteiger partial charge on any atom is -0.355 e. The molecule has 0 amide bonds. The molecule has 0 N–H and O–H groups in total. The van der Waals surface area contributed by atoms with Gasteiger partial charge in [0.15, 0.2) is 5.65 Å². The maximum absolute atomic E-state index is 13.2. The van der Waals surface area contributed by atoms with Crippen molar-refractivity contribution in [1.82, 2.24) is 24.7 Å². The van der Waals surface area contributed by atoms with Gasteiger partial charge in [0.05, 0.1) is 18.0 Å². The van der Waals surface area contributed by atoms with Gasteiger partial charge in [0.2, 0.25) is 0 Å². The van der Waals surface area contributed by atoms with Crippen LogP contribution >= 0.6 is 0 Å². The fourth-order valence-electron chi connectivity index (χ4n) is 5.25. The fourth-order valence-corrected chi connectivity index (χ4v) is 5.25. The number of nitrogens with zero attached hydrogens (tertiary/aromatic N) is 7. The van der Waals surface area contributed by atoms with Gasteiger partial charge in [-0.15, -0.1) is 0 Å². The minimum atomic E-state index is -4.41. The van der Waals surface area contributed by atoms with E-state index in [1.165, 1.54) is 17.1 Å². The summed E-state index contributed by atoms with van der Waals surface area (Å²) >= 11 is 0. The Kier molecular flexibility index (Phi) is 5.56. The van der Waals surface area contributed by atoms with E-state index in [2.05, 4.69) is 31.9 Å². The molecule has 2 fully saturated rings. The third kappa shape index (κ3) is 4.03. The van der Waals surface area contributed by atoms with Crippen molar-refractivity contribution in [2.24, 2.45) is 5.41 Å². The normalized spacial score (nSPS) is 20.7. The lowest BCUT2D eigenvalue weighted by Crippen LogP contribution is -2.46. The first-order valence-corrected chi connectivity index (χ1v) is 11.2. The molecular formula is C22H24F5N7. The molecule has 182 valence electrons. The number of hydrogen-bond donors (Lipinski definition) is 0. The smallest absolute Gasteiger partial charge is 0.355 e. The number of hydrogen-bond acceptors (Lipinski definition) is 6. The van der Waals surface area contributed by atoms with Crippen molar-refractivity contribution in [2.75, 3.05) is 29.4 Å². The molecule has 0 saturated carbocycles. The summed E-state index contributed by atoms with van der Waals surface area (Å²) in [6.07, 6.45) is -0.142. The zero-order valence-electron chi connectivity index (χ0n) is 18.5. The van der Waals surface area contributed by atoms with Crippen LogP contribution in [0, 0.1) is 5.41 Å². The molecule has 1 atom stereocenters. The average molecular weight is 481 g/mol. The van der Waals surface area contributed by atoms with E-state index in [0.717, 1.165) is 31.4 Å². The van der Waals surface area contributed by atoms with E-state index < -0.39 is 24.7 Å². The molecule has 34 heavy (non-hydrogen) atoms. The SMILES string of the molecule is CC1N(c2cc(C(F)(F)F)ccn2)CCC12CCN(c1cnc3cnn(CC(F)F)c3n1)CC2. The molecule has 1 unspecified atom stereocenters. The summed E-state index contributed by atoms with van der Waals surface area (Å²) in [5.41, 5.74) is 0.0580. The standard InChI is InChI=1S/C22H24F5N7/c1-14-21(5-9-33(14)18-10-15(2-6-28-18)22(25,26)27)3-7-32(8-4-21)19-12-29-16-11-30-34(13-17(23)24)20(16)31-19/h2,6,10-12,14,17H,3-5,7-9,13H2,1H3. The highest BCUT2D eigenvalue weighted by Crippen LogP contribution is 2.47. The molecule has 12 heteroatoms. The Morgan fingerprint density at radius 1 is 1.06 bits per heavy atom. The van der Waals surface area contributed by atoms with Crippen molar-refractivity contribution >= 4 is 22.8 Å². The van der Waals surface area contributed by atoms with Gasteiger partial charge in [0.25, 0.3) is 6.43 Å². The predicted molar refractivity (Wildman–Crippen MR) is 116 cm³/mol. The Labute approximate surface area is 192 Å². The highest BCUT2D eigenvalue weighted by atomic mass is 19.4. The highest BCUT2D eigenvalue weighted by molar-refractivity contribution is 5.71. The van der Waals surface area contributed by atoms with Crippen LogP contribution in [0.3, 0.4) is 0 Å². The molecule has 2 aliphatic rings. The maximum Gasteiger partial charge on any atom is 0.416 e. The second-order valence-electron chi connectivity index (χ2n) is 9.02. The Balaban J connectivity index is 1.30. The largest absolute Gasteiger partial charge is 0.416 e. The average Bonchev–Trinajstić information content (AvgIpc) is 3.34. The molecule has 5 rings (SSSR count). The van der Waals surface area contributed by atoms with E-state index in [4.69, 9.17) is 0 Å². The minimum absolute atomic E-state index is 0.0340. The molecule has 2 saturated heterocycles. The van der Waals surface area contributed by atoms with Crippen LogP contribution in [0.2, 0.25) is 0 Å². The lowest BCUT2D eigenvalue weighted by molar-refractivity contribution is -0.137. The molecule has 5 heterocycles. The van der Waals surface area contributed by atoms with Gasteiger partial charge >= 0.3 is 6.18 Å². The Hall–Kier alpha value is -3.05. The van der Waals surface area contributed by atoms with E-state index in [-0.39, 0.29) is 11.5 Å². The van der Waals surface area contributed by atoms with Crippen molar-refractivity contribution < 1.29 is 22.0 Å². The summed E-state index contributed by atoms with van der Waals surface area (Å²) in [5, 5.41) is 3.96. The van der Waals surface area contributed by atoms with Gasteiger partial charge in [-0.2, -0.15) is 18.3 Å². The molecule has 2 aliphatic heterocycles. The van der Waals surface area contributed by atoms with E-state index in [1.807, 2.05) is 4.90 Å². The molecular weight excluding hydrogens is 457 g/mol. The van der Waals surface area contributed by atoms with Gasteiger partial charge in [0.1, 0.15) is 23.7 Å². The lowest BCUT2D eigenvalue weighted by Gasteiger charge is -2.43. The maximum atomic E-state index is 13.2. The van der Waals surface area contributed by atoms with Crippen molar-refractivity contribution in [2.45, 2.75) is 51.4 Å². The molecule has 0 bridgehead atoms. The second-order valence-corrected chi connectivity index (χ2v) is 9.02. The molecule has 1 spiro atoms. The summed E-state index contributed by atoms with van der Waals surface area (Å²) in [6.45, 7) is 3.55. The number of aromatic nitrogens is 5. The molecule has 3 aromatic heterocycles. The first-order chi connectivity index (χ1) is 16.2. The van der Waals surface area contributed by atoms with Crippen LogP contribution < -0.4 is 9.80 Å². The fraction of sp³-hybridized carbons (Fsp3) is 0.545. The van der Waals surface area contributed by atoms with Crippen LogP contribution in [0.25, 0.3) is 11.2 Å². The predicted octanol–water partition coefficient (Wildman–Crippen LogP) is 4.39. The Morgan fingerprint density at radius 2 is 1.79 bits per heavy atom. The van der Waals surface area contributed by atoms with Gasteiger partial charge in [0, 0.05) is 31.9 Å². The van der Waals surface area contributed by atoms with Crippen LogP contribution in [0.15, 0.2) is 30.7 Å². The number of fused-ring (bicyclic) bond motifs is 1. The number of anilines is 2. The van der Waals surface area contributed by atoms with E-state index in [1.54, 1.807) is 6.20 Å². The second kappa shape index (κ2) is 8.31. The Morgan fingerprint density at radius 3 is 2.50 bits per heavy atom. The summed E-state index contributed by atoms with van der Waals surface area (Å²) in [6, 6.07) is 2.15. The number of halogens is 5. The van der Waals surface area contributed by atoms with Crippen LogP contribution in [0.5, 0.6) is 0 Å². The van der Waals surface area contributed by atoms with Gasteiger partial charge in [-0.25, -0.2) is 28.4 Å². The number of pyridine rings is 1. The third-order valence-electron chi connectivity index (χ3n) is 7.30. The molecule has 0 aromatic carbocycles. The molecule has 7 nitrogen and oxygen atoms in total. The van der Waals surface area contributed by atoms with Crippen LogP contribution in [0.1, 0.15) is 31.7 Å². The van der Waals surface area contributed by atoms with E-state index >= 15 is 0 Å². The Bertz CT molecular complexity index is 1170. The third-order valence-corrected chi connectivity index (χ3v) is 7.30. The zero-order valence-corrected chi connectivity index (χ0v) is 18.5. The lowest BCUT2D eigenvalue weighted by atomic mass is 9.73. The van der Waals surface area contributed by atoms with Crippen molar-refractivity contribution in [3.63, 3.8) is 0 Å². The van der Waals surface area contributed by atoms with Gasteiger partial charge < -0.3 is 9.80 Å². The van der Waals surface area contributed by atoms with Gasteiger partial charge in [-0.1, -0.05) is 0 Å². The monoisotopic (exact) mass is 481 g/mol. The summed E-state index contributed by atoms with van der Waals surface area (Å²) in [4.78, 5) is 17.1.